The molecule has 1 amide bonds. The summed E-state index contributed by atoms with van der Waals surface area (Å²) in [4.78, 5) is 24.2. The van der Waals surface area contributed by atoms with E-state index in [9.17, 15) is 9.59 Å². The van der Waals surface area contributed by atoms with Crippen LogP contribution in [-0.4, -0.2) is 32.2 Å². The standard InChI is InChI=1S/C21H19ClN2O5/c1-13(21(26)24-16-7-4-14(12-23)5-8-16)29-19(25)9-6-15-10-17(22)20(28-3)18(11-15)27-2/h4-11,13H,1-3H3,(H,24,26)/b9-6+/t13-/m0/s1. The van der Waals surface area contributed by atoms with E-state index in [4.69, 9.17) is 31.1 Å². The number of nitriles is 1. The van der Waals surface area contributed by atoms with E-state index in [0.29, 0.717) is 33.3 Å². The van der Waals surface area contributed by atoms with Crippen LogP contribution in [0.1, 0.15) is 18.1 Å². The minimum absolute atomic E-state index is 0.329. The van der Waals surface area contributed by atoms with E-state index in [2.05, 4.69) is 5.32 Å². The first kappa shape index (κ1) is 21.8. The predicted octanol–water partition coefficient (Wildman–Crippen LogP) is 3.81. The van der Waals surface area contributed by atoms with Crippen LogP contribution in [0.15, 0.2) is 42.5 Å². The minimum atomic E-state index is -1.02. The Kier molecular flexibility index (Phi) is 7.63. The molecule has 150 valence electrons. The molecule has 0 radical (unpaired) electrons. The number of anilines is 1. The molecule has 7 nitrogen and oxygen atoms in total. The van der Waals surface area contributed by atoms with Crippen molar-refractivity contribution in [3.8, 4) is 17.6 Å². The highest BCUT2D eigenvalue weighted by Crippen LogP contribution is 2.36. The van der Waals surface area contributed by atoms with Gasteiger partial charge in [-0.3, -0.25) is 4.79 Å². The first-order valence-electron chi connectivity index (χ1n) is 8.49. The molecule has 0 aromatic heterocycles. The normalized spacial score (nSPS) is 11.4. The van der Waals surface area contributed by atoms with E-state index in [0.717, 1.165) is 0 Å². The Labute approximate surface area is 173 Å². The van der Waals surface area contributed by atoms with Gasteiger partial charge in [0.05, 0.1) is 30.9 Å². The number of nitrogens with one attached hydrogen (secondary N) is 1. The number of carbonyl (C=O) groups is 2. The molecule has 2 rings (SSSR count). The van der Waals surface area contributed by atoms with Gasteiger partial charge in [-0.15, -0.1) is 0 Å². The largest absolute Gasteiger partial charge is 0.493 e. The molecule has 0 fully saturated rings. The fourth-order valence-electron chi connectivity index (χ4n) is 2.34. The van der Waals surface area contributed by atoms with Crippen LogP contribution in [-0.2, 0) is 14.3 Å². The van der Waals surface area contributed by atoms with Crippen molar-refractivity contribution in [1.82, 2.24) is 0 Å². The van der Waals surface area contributed by atoms with Crippen LogP contribution in [0.3, 0.4) is 0 Å². The number of esters is 1. The molecule has 0 aliphatic carbocycles. The van der Waals surface area contributed by atoms with Gasteiger partial charge in [0.1, 0.15) is 0 Å². The van der Waals surface area contributed by atoms with Crippen LogP contribution < -0.4 is 14.8 Å². The maximum absolute atomic E-state index is 12.2. The van der Waals surface area contributed by atoms with Crippen LogP contribution in [0, 0.1) is 11.3 Å². The van der Waals surface area contributed by atoms with Gasteiger partial charge in [0.2, 0.25) is 0 Å². The number of benzene rings is 2. The van der Waals surface area contributed by atoms with Crippen LogP contribution in [0.5, 0.6) is 11.5 Å². The quantitative estimate of drug-likeness (QED) is 0.546. The van der Waals surface area contributed by atoms with Gasteiger partial charge in [-0.2, -0.15) is 5.26 Å². The number of methoxy groups -OCH3 is 2. The zero-order valence-electron chi connectivity index (χ0n) is 16.1. The summed E-state index contributed by atoms with van der Waals surface area (Å²) in [6.07, 6.45) is 1.65. The molecule has 2 aromatic carbocycles. The van der Waals surface area contributed by atoms with Gasteiger partial charge in [0.25, 0.3) is 5.91 Å². The summed E-state index contributed by atoms with van der Waals surface area (Å²) in [6.45, 7) is 1.46. The van der Waals surface area contributed by atoms with Crippen molar-refractivity contribution in [2.45, 2.75) is 13.0 Å². The zero-order valence-corrected chi connectivity index (χ0v) is 16.8. The van der Waals surface area contributed by atoms with E-state index in [1.165, 1.54) is 33.3 Å². The number of halogens is 1. The van der Waals surface area contributed by atoms with Gasteiger partial charge in [-0.25, -0.2) is 4.79 Å². The average Bonchev–Trinajstić information content (AvgIpc) is 2.72. The number of hydrogen-bond acceptors (Lipinski definition) is 6. The highest BCUT2D eigenvalue weighted by molar-refractivity contribution is 6.32. The molecule has 0 aliphatic heterocycles. The Morgan fingerprint density at radius 1 is 1.17 bits per heavy atom. The Morgan fingerprint density at radius 2 is 1.86 bits per heavy atom. The lowest BCUT2D eigenvalue weighted by Gasteiger charge is -2.12. The second kappa shape index (κ2) is 10.2. The van der Waals surface area contributed by atoms with Gasteiger partial charge >= 0.3 is 5.97 Å². The maximum atomic E-state index is 12.2. The van der Waals surface area contributed by atoms with Crippen molar-refractivity contribution in [1.29, 1.82) is 5.26 Å². The summed E-state index contributed by atoms with van der Waals surface area (Å²) in [6, 6.07) is 11.6. The van der Waals surface area contributed by atoms with Gasteiger partial charge in [0, 0.05) is 11.8 Å². The number of hydrogen-bond donors (Lipinski definition) is 1. The average molecular weight is 415 g/mol. The molecule has 1 atom stereocenters. The summed E-state index contributed by atoms with van der Waals surface area (Å²) >= 11 is 6.12. The first-order chi connectivity index (χ1) is 13.9. The number of ether oxygens (including phenoxy) is 3. The molecule has 0 bridgehead atoms. The lowest BCUT2D eigenvalue weighted by molar-refractivity contribution is -0.148. The molecule has 1 N–H and O–H groups in total. The van der Waals surface area contributed by atoms with Crippen molar-refractivity contribution in [3.63, 3.8) is 0 Å². The van der Waals surface area contributed by atoms with Crippen molar-refractivity contribution in [2.24, 2.45) is 0 Å². The Bertz CT molecular complexity index is 964. The number of nitrogens with zero attached hydrogens (tertiary/aromatic N) is 1. The number of amides is 1. The Balaban J connectivity index is 1.97. The fraction of sp³-hybridized carbons (Fsp3) is 0.190. The lowest BCUT2D eigenvalue weighted by atomic mass is 10.2. The molecule has 29 heavy (non-hydrogen) atoms. The highest BCUT2D eigenvalue weighted by Gasteiger charge is 2.17. The third kappa shape index (κ3) is 5.99. The van der Waals surface area contributed by atoms with E-state index in [1.54, 1.807) is 36.4 Å². The Morgan fingerprint density at radius 3 is 2.45 bits per heavy atom. The fourth-order valence-corrected chi connectivity index (χ4v) is 2.63. The van der Waals surface area contributed by atoms with Gasteiger partial charge in [0.15, 0.2) is 17.6 Å². The van der Waals surface area contributed by atoms with Crippen molar-refractivity contribution >= 4 is 35.2 Å². The molecule has 0 heterocycles. The number of rotatable bonds is 7. The summed E-state index contributed by atoms with van der Waals surface area (Å²) in [5, 5.41) is 11.7. The van der Waals surface area contributed by atoms with E-state index in [-0.39, 0.29) is 0 Å². The zero-order chi connectivity index (χ0) is 21.4. The minimum Gasteiger partial charge on any atom is -0.493 e. The molecule has 2 aromatic rings. The third-order valence-corrected chi connectivity index (χ3v) is 4.09. The monoisotopic (exact) mass is 414 g/mol. The molecule has 0 saturated carbocycles. The van der Waals surface area contributed by atoms with Crippen LogP contribution in [0.4, 0.5) is 5.69 Å². The molecule has 0 saturated heterocycles. The highest BCUT2D eigenvalue weighted by atomic mass is 35.5. The van der Waals surface area contributed by atoms with Crippen LogP contribution in [0.25, 0.3) is 6.08 Å². The number of carbonyl (C=O) groups excluding carboxylic acids is 2. The second-order valence-electron chi connectivity index (χ2n) is 5.83. The van der Waals surface area contributed by atoms with Crippen LogP contribution >= 0.6 is 11.6 Å². The molecule has 0 unspecified atom stereocenters. The van der Waals surface area contributed by atoms with Crippen LogP contribution in [0.2, 0.25) is 5.02 Å². The van der Waals surface area contributed by atoms with E-state index < -0.39 is 18.0 Å². The maximum Gasteiger partial charge on any atom is 0.331 e. The summed E-state index contributed by atoms with van der Waals surface area (Å²) in [7, 11) is 2.95. The van der Waals surface area contributed by atoms with Gasteiger partial charge in [-0.05, 0) is 55.0 Å². The third-order valence-electron chi connectivity index (χ3n) is 3.81. The first-order valence-corrected chi connectivity index (χ1v) is 8.87. The van der Waals surface area contributed by atoms with Crippen molar-refractivity contribution in [2.75, 3.05) is 19.5 Å². The van der Waals surface area contributed by atoms with Crippen molar-refractivity contribution < 1.29 is 23.8 Å². The Hall–Kier alpha value is -3.50. The van der Waals surface area contributed by atoms with E-state index in [1.807, 2.05) is 6.07 Å². The molecular formula is C21H19ClN2O5. The predicted molar refractivity (Wildman–Crippen MR) is 109 cm³/mol. The molecule has 8 heteroatoms. The lowest BCUT2D eigenvalue weighted by Crippen LogP contribution is -2.29. The summed E-state index contributed by atoms with van der Waals surface area (Å²) in [5.74, 6) is -0.380. The molecular weight excluding hydrogens is 396 g/mol. The van der Waals surface area contributed by atoms with Gasteiger partial charge < -0.3 is 19.5 Å². The second-order valence-corrected chi connectivity index (χ2v) is 6.24. The smallest absolute Gasteiger partial charge is 0.331 e. The van der Waals surface area contributed by atoms with Gasteiger partial charge in [-0.1, -0.05) is 11.6 Å². The molecule has 0 aliphatic rings. The van der Waals surface area contributed by atoms with E-state index >= 15 is 0 Å². The van der Waals surface area contributed by atoms with Crippen molar-refractivity contribution in [3.05, 3.63) is 58.6 Å². The topological polar surface area (TPSA) is 97.6 Å². The summed E-state index contributed by atoms with van der Waals surface area (Å²) < 4.78 is 15.5. The summed E-state index contributed by atoms with van der Waals surface area (Å²) in [5.41, 5.74) is 1.56. The SMILES string of the molecule is COc1cc(/C=C/C(=O)O[C@@H](C)C(=O)Nc2ccc(C#N)cc2)cc(Cl)c1OC. The molecule has 0 spiro atoms.